The molecule has 2 heterocycles. The molecule has 3 rings (SSSR count). The van der Waals surface area contributed by atoms with Gasteiger partial charge in [0.05, 0.1) is 21.3 Å². The molecule has 0 aliphatic carbocycles. The minimum absolute atomic E-state index is 0. The minimum atomic E-state index is -0.0471. The smallest absolute Gasteiger partial charge is 0.238 e. The molecule has 0 bridgehead atoms. The third-order valence-electron chi connectivity index (χ3n) is 3.06. The Labute approximate surface area is 142 Å². The van der Waals surface area contributed by atoms with E-state index in [1.54, 1.807) is 23.1 Å². The summed E-state index contributed by atoms with van der Waals surface area (Å²) in [5, 5.41) is 7.84. The fourth-order valence-corrected chi connectivity index (χ4v) is 4.09. The quantitative estimate of drug-likeness (QED) is 0.876. The maximum atomic E-state index is 11.8. The van der Waals surface area contributed by atoms with Crippen LogP contribution in [-0.4, -0.2) is 35.1 Å². The molecule has 1 aromatic heterocycles. The zero-order chi connectivity index (χ0) is 13.9. The summed E-state index contributed by atoms with van der Waals surface area (Å²) >= 11 is 9.34. The summed E-state index contributed by atoms with van der Waals surface area (Å²) in [6.45, 7) is 0.620. The first kappa shape index (κ1) is 16.8. The monoisotopic (exact) mass is 363 g/mol. The van der Waals surface area contributed by atoms with Gasteiger partial charge in [0, 0.05) is 29.6 Å². The van der Waals surface area contributed by atoms with Gasteiger partial charge >= 0.3 is 0 Å². The van der Waals surface area contributed by atoms with Gasteiger partial charge in [-0.15, -0.1) is 35.5 Å². The number of aromatic nitrogens is 1. The summed E-state index contributed by atoms with van der Waals surface area (Å²) in [6.07, 6.45) is 0.753. The first-order valence-corrected chi connectivity index (χ1v) is 8.71. The Morgan fingerprint density at radius 1 is 1.52 bits per heavy atom. The van der Waals surface area contributed by atoms with Gasteiger partial charge in [-0.1, -0.05) is 11.6 Å². The van der Waals surface area contributed by atoms with Crippen LogP contribution in [0.15, 0.2) is 18.2 Å². The third kappa shape index (κ3) is 4.23. The van der Waals surface area contributed by atoms with Gasteiger partial charge in [-0.3, -0.25) is 10.1 Å². The summed E-state index contributed by atoms with van der Waals surface area (Å²) in [4.78, 5) is 16.4. The van der Waals surface area contributed by atoms with Crippen molar-refractivity contribution in [2.24, 2.45) is 0 Å². The lowest BCUT2D eigenvalue weighted by atomic mass is 10.3. The van der Waals surface area contributed by atoms with E-state index in [1.807, 2.05) is 18.2 Å². The first-order chi connectivity index (χ1) is 9.72. The average Bonchev–Trinajstić information content (AvgIpc) is 3.06. The van der Waals surface area contributed by atoms with Crippen molar-refractivity contribution in [1.29, 1.82) is 0 Å². The number of hydrogen-bond acceptors (Lipinski definition) is 5. The van der Waals surface area contributed by atoms with E-state index in [2.05, 4.69) is 15.6 Å². The Morgan fingerprint density at radius 3 is 3.14 bits per heavy atom. The van der Waals surface area contributed by atoms with Gasteiger partial charge in [0.1, 0.15) is 0 Å². The van der Waals surface area contributed by atoms with Crippen molar-refractivity contribution in [3.8, 4) is 0 Å². The van der Waals surface area contributed by atoms with Crippen molar-refractivity contribution in [1.82, 2.24) is 15.6 Å². The summed E-state index contributed by atoms with van der Waals surface area (Å²) in [6, 6.07) is 5.68. The molecule has 1 atom stereocenters. The molecule has 1 amide bonds. The normalized spacial score (nSPS) is 17.7. The lowest BCUT2D eigenvalue weighted by Crippen LogP contribution is -2.42. The van der Waals surface area contributed by atoms with E-state index >= 15 is 0 Å². The summed E-state index contributed by atoms with van der Waals surface area (Å²) < 4.78 is 1.13. The van der Waals surface area contributed by atoms with Gasteiger partial charge in [0.25, 0.3) is 0 Å². The molecule has 2 N–H and O–H groups in total. The molecule has 4 nitrogen and oxygen atoms in total. The molecule has 1 unspecified atom stereocenters. The molecule has 0 saturated carbocycles. The largest absolute Gasteiger partial charge is 0.354 e. The molecule has 2 aromatic rings. The lowest BCUT2D eigenvalue weighted by Gasteiger charge is -2.09. The van der Waals surface area contributed by atoms with Gasteiger partial charge < -0.3 is 5.32 Å². The Morgan fingerprint density at radius 2 is 2.38 bits per heavy atom. The maximum absolute atomic E-state index is 11.8. The number of hydrogen-bond donors (Lipinski definition) is 2. The number of rotatable bonds is 4. The topological polar surface area (TPSA) is 54.0 Å². The molecule has 1 aliphatic heterocycles. The summed E-state index contributed by atoms with van der Waals surface area (Å²) in [7, 11) is 0. The van der Waals surface area contributed by atoms with Gasteiger partial charge in [-0.2, -0.15) is 0 Å². The molecule has 8 heteroatoms. The summed E-state index contributed by atoms with van der Waals surface area (Å²) in [5.41, 5.74) is 0.928. The molecule has 1 aromatic carbocycles. The number of thioether (sulfide) groups is 1. The molecule has 0 spiro atoms. The molecule has 1 aliphatic rings. The number of thiazole rings is 1. The van der Waals surface area contributed by atoms with Gasteiger partial charge in [-0.05, 0) is 18.2 Å². The third-order valence-corrected chi connectivity index (χ3v) is 5.34. The number of benzene rings is 1. The van der Waals surface area contributed by atoms with E-state index in [1.165, 1.54) is 0 Å². The van der Waals surface area contributed by atoms with Gasteiger partial charge in [0.2, 0.25) is 5.91 Å². The second-order valence-corrected chi connectivity index (χ2v) is 7.11. The minimum Gasteiger partial charge on any atom is -0.354 e. The van der Waals surface area contributed by atoms with Crippen molar-refractivity contribution < 1.29 is 4.79 Å². The Bertz CT molecular complexity index is 629. The van der Waals surface area contributed by atoms with E-state index in [0.29, 0.717) is 11.6 Å². The SMILES string of the molecule is Cl.O=C(NCCc1nc2cc(Cl)ccc2s1)C1CSCN1. The fraction of sp³-hybridized carbons (Fsp3) is 0.385. The van der Waals surface area contributed by atoms with Crippen LogP contribution < -0.4 is 10.6 Å². The highest BCUT2D eigenvalue weighted by Gasteiger charge is 2.21. The van der Waals surface area contributed by atoms with Crippen LogP contribution in [0.4, 0.5) is 0 Å². The lowest BCUT2D eigenvalue weighted by molar-refractivity contribution is -0.122. The van der Waals surface area contributed by atoms with Crippen LogP contribution in [0, 0.1) is 0 Å². The average molecular weight is 364 g/mol. The zero-order valence-corrected chi connectivity index (χ0v) is 14.3. The number of amides is 1. The molecule has 21 heavy (non-hydrogen) atoms. The van der Waals surface area contributed by atoms with Crippen molar-refractivity contribution in [2.45, 2.75) is 12.5 Å². The van der Waals surface area contributed by atoms with Crippen molar-refractivity contribution in [2.75, 3.05) is 18.2 Å². The predicted octanol–water partition coefficient (Wildman–Crippen LogP) is 2.69. The van der Waals surface area contributed by atoms with E-state index in [0.717, 1.165) is 33.3 Å². The molecule has 1 fully saturated rings. The van der Waals surface area contributed by atoms with Crippen LogP contribution in [0.25, 0.3) is 10.2 Å². The number of fused-ring (bicyclic) bond motifs is 1. The van der Waals surface area contributed by atoms with Crippen molar-refractivity contribution >= 4 is 63.2 Å². The second kappa shape index (κ2) is 7.65. The highest BCUT2D eigenvalue weighted by atomic mass is 35.5. The molecular formula is C13H15Cl2N3OS2. The van der Waals surface area contributed by atoms with Crippen LogP contribution in [0.2, 0.25) is 5.02 Å². The Hall–Kier alpha value is -0.530. The van der Waals surface area contributed by atoms with E-state index in [-0.39, 0.29) is 24.4 Å². The maximum Gasteiger partial charge on any atom is 0.238 e. The number of halogens is 2. The van der Waals surface area contributed by atoms with Crippen molar-refractivity contribution in [3.63, 3.8) is 0 Å². The van der Waals surface area contributed by atoms with Crippen LogP contribution in [0.3, 0.4) is 0 Å². The van der Waals surface area contributed by atoms with Crippen LogP contribution in [-0.2, 0) is 11.2 Å². The number of nitrogens with zero attached hydrogens (tertiary/aromatic N) is 1. The van der Waals surface area contributed by atoms with Gasteiger partial charge in [-0.25, -0.2) is 4.98 Å². The molecule has 1 saturated heterocycles. The van der Waals surface area contributed by atoms with E-state index in [4.69, 9.17) is 11.6 Å². The highest BCUT2D eigenvalue weighted by molar-refractivity contribution is 7.99. The van der Waals surface area contributed by atoms with Crippen molar-refractivity contribution in [3.05, 3.63) is 28.2 Å². The van der Waals surface area contributed by atoms with Gasteiger partial charge in [0.15, 0.2) is 0 Å². The van der Waals surface area contributed by atoms with Crippen LogP contribution >= 0.6 is 47.1 Å². The first-order valence-electron chi connectivity index (χ1n) is 6.36. The van der Waals surface area contributed by atoms with Crippen LogP contribution in [0.5, 0.6) is 0 Å². The fourth-order valence-electron chi connectivity index (χ4n) is 2.03. The molecule has 114 valence electrons. The predicted molar refractivity (Wildman–Crippen MR) is 92.8 cm³/mol. The number of carbonyl (C=O) groups excluding carboxylic acids is 1. The number of nitrogens with one attached hydrogen (secondary N) is 2. The second-order valence-electron chi connectivity index (χ2n) is 4.53. The Kier molecular flexibility index (Phi) is 6.13. The Balaban J connectivity index is 0.00000161. The highest BCUT2D eigenvalue weighted by Crippen LogP contribution is 2.25. The van der Waals surface area contributed by atoms with E-state index < -0.39 is 0 Å². The standard InChI is InChI=1S/C13H14ClN3OS2.ClH/c14-8-1-2-11-9(5-8)17-12(20-11)3-4-15-13(18)10-6-19-7-16-10;/h1-2,5,10,16H,3-4,6-7H2,(H,15,18);1H. The zero-order valence-electron chi connectivity index (χ0n) is 11.1. The summed E-state index contributed by atoms with van der Waals surface area (Å²) in [5.74, 6) is 1.79. The molecule has 0 radical (unpaired) electrons. The van der Waals surface area contributed by atoms with Crippen LogP contribution in [0.1, 0.15) is 5.01 Å². The number of carbonyl (C=O) groups is 1. The van der Waals surface area contributed by atoms with E-state index in [9.17, 15) is 4.79 Å². The molecular weight excluding hydrogens is 349 g/mol.